The molecule has 4 N–H and O–H groups in total. The van der Waals surface area contributed by atoms with Crippen LogP contribution in [0, 0.1) is 0 Å². The molecule has 5 aromatic heterocycles. The Hall–Kier alpha value is -3.82. The summed E-state index contributed by atoms with van der Waals surface area (Å²) in [7, 11) is 0. The lowest BCUT2D eigenvalue weighted by Gasteiger charge is -2.16. The van der Waals surface area contributed by atoms with E-state index in [9.17, 15) is 4.79 Å². The van der Waals surface area contributed by atoms with E-state index >= 15 is 0 Å². The largest absolute Gasteiger partial charge is 0.472 e. The summed E-state index contributed by atoms with van der Waals surface area (Å²) in [6.45, 7) is 1.05. The van der Waals surface area contributed by atoms with Crippen LogP contribution in [0.15, 0.2) is 82.0 Å². The van der Waals surface area contributed by atoms with Gasteiger partial charge in [0.2, 0.25) is 0 Å². The van der Waals surface area contributed by atoms with Crippen LogP contribution in [-0.2, 0) is 0 Å². The second kappa shape index (κ2) is 9.13. The van der Waals surface area contributed by atoms with Crippen LogP contribution in [0.2, 0.25) is 0 Å². The molecule has 0 atom stereocenters. The van der Waals surface area contributed by atoms with Crippen molar-refractivity contribution < 1.29 is 13.6 Å². The van der Waals surface area contributed by atoms with Gasteiger partial charge in [0.05, 0.1) is 42.5 Å². The maximum absolute atomic E-state index is 12.8. The second-order valence-electron chi connectivity index (χ2n) is 7.14. The maximum atomic E-state index is 12.8. The molecule has 0 bridgehead atoms. The van der Waals surface area contributed by atoms with Gasteiger partial charge in [-0.15, -0.1) is 11.3 Å². The van der Waals surface area contributed by atoms with Crippen molar-refractivity contribution in [2.24, 2.45) is 0 Å². The minimum Gasteiger partial charge on any atom is -0.472 e. The molecule has 0 aliphatic rings. The number of aromatic nitrogens is 2. The van der Waals surface area contributed by atoms with Gasteiger partial charge in [-0.3, -0.25) is 4.79 Å². The summed E-state index contributed by atoms with van der Waals surface area (Å²) in [5.41, 5.74) is 4.45. The fourth-order valence-electron chi connectivity index (χ4n) is 3.58. The summed E-state index contributed by atoms with van der Waals surface area (Å²) < 4.78 is 10.4. The molecule has 0 aromatic carbocycles. The third kappa shape index (κ3) is 4.16. The van der Waals surface area contributed by atoms with Gasteiger partial charge in [-0.2, -0.15) is 0 Å². The Bertz CT molecular complexity index is 1260. The van der Waals surface area contributed by atoms with Crippen LogP contribution in [-0.4, -0.2) is 29.0 Å². The SMILES string of the molecule is O=C(NCCNC(c1ccoc1)c1ccoc1)c1sccc1Nc1ccnc2[nH]ccc12. The Morgan fingerprint density at radius 3 is 2.59 bits per heavy atom. The lowest BCUT2D eigenvalue weighted by molar-refractivity contribution is 0.0958. The van der Waals surface area contributed by atoms with Gasteiger partial charge in [0.1, 0.15) is 10.5 Å². The first kappa shape index (κ1) is 20.1. The molecular weight excluding hydrogens is 426 g/mol. The first-order valence-electron chi connectivity index (χ1n) is 10.1. The van der Waals surface area contributed by atoms with Crippen molar-refractivity contribution in [3.8, 4) is 0 Å². The fraction of sp³-hybridized carbons (Fsp3) is 0.130. The predicted octanol–water partition coefficient (Wildman–Crippen LogP) is 4.66. The summed E-state index contributed by atoms with van der Waals surface area (Å²) in [5, 5.41) is 12.7. The number of fused-ring (bicyclic) bond motifs is 1. The minimum absolute atomic E-state index is 0.0705. The third-order valence-corrected chi connectivity index (χ3v) is 6.03. The summed E-state index contributed by atoms with van der Waals surface area (Å²) in [4.78, 5) is 20.8. The van der Waals surface area contributed by atoms with E-state index in [2.05, 4.69) is 25.9 Å². The molecule has 1 amide bonds. The Labute approximate surface area is 187 Å². The number of amides is 1. The molecule has 0 aliphatic carbocycles. The van der Waals surface area contributed by atoms with E-state index in [1.807, 2.05) is 41.9 Å². The Morgan fingerprint density at radius 1 is 1.03 bits per heavy atom. The number of carbonyl (C=O) groups is 1. The van der Waals surface area contributed by atoms with Crippen molar-refractivity contribution in [2.45, 2.75) is 6.04 Å². The van der Waals surface area contributed by atoms with Crippen LogP contribution >= 0.6 is 11.3 Å². The van der Waals surface area contributed by atoms with Gasteiger partial charge < -0.3 is 29.8 Å². The number of aromatic amines is 1. The lowest BCUT2D eigenvalue weighted by Crippen LogP contribution is -2.33. The van der Waals surface area contributed by atoms with Gasteiger partial charge in [0.15, 0.2) is 0 Å². The maximum Gasteiger partial charge on any atom is 0.263 e. The average molecular weight is 448 g/mol. The van der Waals surface area contributed by atoms with Crippen molar-refractivity contribution in [1.29, 1.82) is 0 Å². The Morgan fingerprint density at radius 2 is 1.84 bits per heavy atom. The quantitative estimate of drug-likeness (QED) is 0.245. The number of carbonyl (C=O) groups excluding carboxylic acids is 1. The van der Waals surface area contributed by atoms with Crippen molar-refractivity contribution in [2.75, 3.05) is 18.4 Å². The van der Waals surface area contributed by atoms with Gasteiger partial charge in [0.25, 0.3) is 5.91 Å². The smallest absolute Gasteiger partial charge is 0.263 e. The van der Waals surface area contributed by atoms with Crippen molar-refractivity contribution in [1.82, 2.24) is 20.6 Å². The van der Waals surface area contributed by atoms with E-state index in [1.54, 1.807) is 31.2 Å². The van der Waals surface area contributed by atoms with Crippen molar-refractivity contribution >= 4 is 39.7 Å². The van der Waals surface area contributed by atoms with E-state index < -0.39 is 0 Å². The molecule has 32 heavy (non-hydrogen) atoms. The molecule has 0 saturated carbocycles. The third-order valence-electron chi connectivity index (χ3n) is 5.11. The highest BCUT2D eigenvalue weighted by atomic mass is 32.1. The number of nitrogens with one attached hydrogen (secondary N) is 4. The zero-order valence-electron chi connectivity index (χ0n) is 17.0. The summed E-state index contributed by atoms with van der Waals surface area (Å²) in [5.74, 6) is -0.119. The predicted molar refractivity (Wildman–Crippen MR) is 123 cm³/mol. The first-order chi connectivity index (χ1) is 15.8. The summed E-state index contributed by atoms with van der Waals surface area (Å²) in [6.07, 6.45) is 10.3. The highest BCUT2D eigenvalue weighted by molar-refractivity contribution is 7.12. The van der Waals surface area contributed by atoms with Crippen molar-refractivity contribution in [3.05, 3.63) is 89.2 Å². The van der Waals surface area contributed by atoms with Crippen LogP contribution in [0.1, 0.15) is 26.8 Å². The molecule has 5 rings (SSSR count). The molecule has 0 radical (unpaired) electrons. The van der Waals surface area contributed by atoms with E-state index in [4.69, 9.17) is 8.83 Å². The number of H-pyrrole nitrogens is 1. The van der Waals surface area contributed by atoms with Gasteiger partial charge in [-0.25, -0.2) is 4.98 Å². The van der Waals surface area contributed by atoms with Crippen LogP contribution in [0.5, 0.6) is 0 Å². The molecular formula is C23H21N5O3S. The zero-order valence-corrected chi connectivity index (χ0v) is 17.8. The molecule has 8 nitrogen and oxygen atoms in total. The van der Waals surface area contributed by atoms with E-state index in [0.29, 0.717) is 18.0 Å². The molecule has 9 heteroatoms. The normalized spacial score (nSPS) is 11.3. The number of pyridine rings is 1. The minimum atomic E-state index is -0.119. The highest BCUT2D eigenvalue weighted by Gasteiger charge is 2.17. The van der Waals surface area contributed by atoms with E-state index in [-0.39, 0.29) is 11.9 Å². The number of nitrogens with zero attached hydrogens (tertiary/aromatic N) is 1. The molecule has 0 saturated heterocycles. The zero-order chi connectivity index (χ0) is 21.8. The molecule has 0 unspecified atom stereocenters. The van der Waals surface area contributed by atoms with Gasteiger partial charge in [0, 0.05) is 42.0 Å². The lowest BCUT2D eigenvalue weighted by atomic mass is 10.0. The molecule has 5 heterocycles. The van der Waals surface area contributed by atoms with Crippen molar-refractivity contribution in [3.63, 3.8) is 0 Å². The first-order valence-corrected chi connectivity index (χ1v) is 11.0. The second-order valence-corrected chi connectivity index (χ2v) is 8.06. The van der Waals surface area contributed by atoms with Crippen LogP contribution in [0.25, 0.3) is 11.0 Å². The van der Waals surface area contributed by atoms with Gasteiger partial charge in [-0.05, 0) is 35.7 Å². The van der Waals surface area contributed by atoms with E-state index in [0.717, 1.165) is 33.5 Å². The number of anilines is 2. The van der Waals surface area contributed by atoms with Gasteiger partial charge >= 0.3 is 0 Å². The number of hydrogen-bond donors (Lipinski definition) is 4. The summed E-state index contributed by atoms with van der Waals surface area (Å²) in [6, 6.07) is 9.51. The Kier molecular flexibility index (Phi) is 5.73. The summed E-state index contributed by atoms with van der Waals surface area (Å²) >= 11 is 1.40. The average Bonchev–Trinajstić information content (AvgIpc) is 3.62. The van der Waals surface area contributed by atoms with Crippen LogP contribution in [0.3, 0.4) is 0 Å². The van der Waals surface area contributed by atoms with Crippen LogP contribution in [0.4, 0.5) is 11.4 Å². The Balaban J connectivity index is 1.20. The molecule has 5 aromatic rings. The van der Waals surface area contributed by atoms with E-state index in [1.165, 1.54) is 11.3 Å². The van der Waals surface area contributed by atoms with Crippen LogP contribution < -0.4 is 16.0 Å². The fourth-order valence-corrected chi connectivity index (χ4v) is 4.34. The standard InChI is InChI=1S/C23H21N5O3S/c29-23(27-9-8-24-20(15-3-10-30-13-15)16-4-11-31-14-16)21-19(5-12-32-21)28-18-2-7-26-22-17(18)1-6-25-22/h1-7,10-14,20,24H,8-9H2,(H,27,29)(H2,25,26,28). The molecule has 0 spiro atoms. The topological polar surface area (TPSA) is 108 Å². The monoisotopic (exact) mass is 447 g/mol. The van der Waals surface area contributed by atoms with Gasteiger partial charge in [-0.1, -0.05) is 0 Å². The molecule has 162 valence electrons. The molecule has 0 fully saturated rings. The number of thiophene rings is 1. The number of hydrogen-bond acceptors (Lipinski definition) is 7. The molecule has 0 aliphatic heterocycles. The number of furan rings is 2. The highest BCUT2D eigenvalue weighted by Crippen LogP contribution is 2.29. The number of rotatable bonds is 9.